The summed E-state index contributed by atoms with van der Waals surface area (Å²) in [5.74, 6) is -1.01. The minimum Gasteiger partial charge on any atom is -0.481 e. The molecule has 4 nitrogen and oxygen atoms in total. The van der Waals surface area contributed by atoms with Crippen molar-refractivity contribution >= 4 is 17.6 Å². The highest BCUT2D eigenvalue weighted by Crippen LogP contribution is 2.20. The van der Waals surface area contributed by atoms with Crippen LogP contribution in [0.15, 0.2) is 12.1 Å². The summed E-state index contributed by atoms with van der Waals surface area (Å²) < 4.78 is 0. The zero-order valence-electron chi connectivity index (χ0n) is 11.0. The predicted octanol–water partition coefficient (Wildman–Crippen LogP) is 2.81. The van der Waals surface area contributed by atoms with Crippen molar-refractivity contribution in [3.8, 4) is 0 Å². The molecular formula is C14H19NO3. The summed E-state index contributed by atoms with van der Waals surface area (Å²) >= 11 is 0. The molecule has 0 aliphatic carbocycles. The third-order valence-electron chi connectivity index (χ3n) is 2.91. The topological polar surface area (TPSA) is 66.4 Å². The van der Waals surface area contributed by atoms with Gasteiger partial charge in [0.05, 0.1) is 0 Å². The van der Waals surface area contributed by atoms with Crippen molar-refractivity contribution in [1.29, 1.82) is 0 Å². The van der Waals surface area contributed by atoms with E-state index in [1.54, 1.807) is 0 Å². The summed E-state index contributed by atoms with van der Waals surface area (Å²) in [7, 11) is 0. The molecule has 0 radical (unpaired) electrons. The van der Waals surface area contributed by atoms with E-state index in [9.17, 15) is 9.59 Å². The summed E-state index contributed by atoms with van der Waals surface area (Å²) in [4.78, 5) is 22.0. The quantitative estimate of drug-likeness (QED) is 0.843. The molecule has 0 fully saturated rings. The standard InChI is InChI=1S/C14H19NO3/c1-9-7-11(3)12(8-10(9)2)15-13(16)5-4-6-14(17)18/h7-8H,4-6H2,1-3H3,(H,15,16)(H,17,18). The van der Waals surface area contributed by atoms with Gasteiger partial charge >= 0.3 is 5.97 Å². The molecule has 0 heterocycles. The van der Waals surface area contributed by atoms with Crippen molar-refractivity contribution in [1.82, 2.24) is 0 Å². The lowest BCUT2D eigenvalue weighted by Crippen LogP contribution is -2.13. The van der Waals surface area contributed by atoms with Gasteiger partial charge in [-0.1, -0.05) is 6.07 Å². The number of carbonyl (C=O) groups is 2. The summed E-state index contributed by atoms with van der Waals surface area (Å²) in [6, 6.07) is 3.97. The number of nitrogens with one attached hydrogen (secondary N) is 1. The van der Waals surface area contributed by atoms with E-state index in [2.05, 4.69) is 5.32 Å². The predicted molar refractivity (Wildman–Crippen MR) is 70.8 cm³/mol. The maximum absolute atomic E-state index is 11.6. The Morgan fingerprint density at radius 1 is 1.06 bits per heavy atom. The van der Waals surface area contributed by atoms with Crippen LogP contribution in [-0.2, 0) is 9.59 Å². The molecule has 0 spiro atoms. The maximum Gasteiger partial charge on any atom is 0.303 e. The first-order valence-corrected chi connectivity index (χ1v) is 5.99. The highest BCUT2D eigenvalue weighted by Gasteiger charge is 2.07. The summed E-state index contributed by atoms with van der Waals surface area (Å²) in [6.45, 7) is 5.97. The monoisotopic (exact) mass is 249 g/mol. The van der Waals surface area contributed by atoms with Crippen LogP contribution < -0.4 is 5.32 Å². The van der Waals surface area contributed by atoms with E-state index in [-0.39, 0.29) is 18.7 Å². The van der Waals surface area contributed by atoms with E-state index >= 15 is 0 Å². The van der Waals surface area contributed by atoms with Gasteiger partial charge in [-0.15, -0.1) is 0 Å². The van der Waals surface area contributed by atoms with E-state index in [0.29, 0.717) is 6.42 Å². The molecule has 0 aromatic heterocycles. The highest BCUT2D eigenvalue weighted by molar-refractivity contribution is 5.91. The number of aliphatic carboxylic acids is 1. The van der Waals surface area contributed by atoms with Gasteiger partial charge < -0.3 is 10.4 Å². The molecule has 1 aromatic carbocycles. The van der Waals surface area contributed by atoms with Crippen LogP contribution in [0.25, 0.3) is 0 Å². The molecule has 1 rings (SSSR count). The van der Waals surface area contributed by atoms with Crippen LogP contribution in [0.1, 0.15) is 36.0 Å². The van der Waals surface area contributed by atoms with Crippen LogP contribution in [0, 0.1) is 20.8 Å². The number of hydrogen-bond acceptors (Lipinski definition) is 2. The van der Waals surface area contributed by atoms with Gasteiger partial charge in [-0.3, -0.25) is 9.59 Å². The summed E-state index contributed by atoms with van der Waals surface area (Å²) in [5, 5.41) is 11.3. The largest absolute Gasteiger partial charge is 0.481 e. The molecule has 0 aliphatic rings. The Morgan fingerprint density at radius 2 is 1.67 bits per heavy atom. The second-order valence-corrected chi connectivity index (χ2v) is 4.55. The molecule has 0 unspecified atom stereocenters. The number of benzene rings is 1. The number of amides is 1. The SMILES string of the molecule is Cc1cc(C)c(NC(=O)CCCC(=O)O)cc1C. The van der Waals surface area contributed by atoms with E-state index < -0.39 is 5.97 Å². The molecule has 1 aromatic rings. The summed E-state index contributed by atoms with van der Waals surface area (Å²) in [5.41, 5.74) is 4.14. The van der Waals surface area contributed by atoms with Crippen molar-refractivity contribution in [2.24, 2.45) is 0 Å². The Morgan fingerprint density at radius 3 is 2.28 bits per heavy atom. The van der Waals surface area contributed by atoms with Crippen molar-refractivity contribution in [3.63, 3.8) is 0 Å². The normalized spacial score (nSPS) is 10.2. The van der Waals surface area contributed by atoms with E-state index in [1.807, 2.05) is 32.9 Å². The van der Waals surface area contributed by atoms with Gasteiger partial charge in [0.1, 0.15) is 0 Å². The maximum atomic E-state index is 11.6. The lowest BCUT2D eigenvalue weighted by molar-refractivity contribution is -0.137. The zero-order chi connectivity index (χ0) is 13.7. The number of hydrogen-bond donors (Lipinski definition) is 2. The van der Waals surface area contributed by atoms with Crippen LogP contribution in [0.5, 0.6) is 0 Å². The van der Waals surface area contributed by atoms with Gasteiger partial charge in [-0.2, -0.15) is 0 Å². The van der Waals surface area contributed by atoms with E-state index in [0.717, 1.165) is 16.8 Å². The third-order valence-corrected chi connectivity index (χ3v) is 2.91. The smallest absolute Gasteiger partial charge is 0.303 e. The Kier molecular flexibility index (Phi) is 4.89. The minimum atomic E-state index is -0.870. The van der Waals surface area contributed by atoms with E-state index in [1.165, 1.54) is 5.56 Å². The molecule has 0 aliphatic heterocycles. The van der Waals surface area contributed by atoms with Gasteiger partial charge in [-0.25, -0.2) is 0 Å². The van der Waals surface area contributed by atoms with Crippen molar-refractivity contribution < 1.29 is 14.7 Å². The Hall–Kier alpha value is -1.84. The molecule has 0 atom stereocenters. The molecule has 98 valence electrons. The fraction of sp³-hybridized carbons (Fsp3) is 0.429. The van der Waals surface area contributed by atoms with Crippen molar-refractivity contribution in [2.45, 2.75) is 40.0 Å². The molecule has 1 amide bonds. The number of rotatable bonds is 5. The highest BCUT2D eigenvalue weighted by atomic mass is 16.4. The third kappa shape index (κ3) is 4.20. The fourth-order valence-electron chi connectivity index (χ4n) is 1.71. The number of carboxylic acid groups (broad SMARTS) is 1. The Balaban J connectivity index is 2.59. The van der Waals surface area contributed by atoms with Gasteiger partial charge in [0.15, 0.2) is 0 Å². The molecule has 0 saturated carbocycles. The molecule has 4 heteroatoms. The lowest BCUT2D eigenvalue weighted by Gasteiger charge is -2.11. The Bertz CT molecular complexity index is 466. The van der Waals surface area contributed by atoms with E-state index in [4.69, 9.17) is 5.11 Å². The first-order chi connectivity index (χ1) is 8.40. The average Bonchev–Trinajstić information content (AvgIpc) is 2.25. The van der Waals surface area contributed by atoms with Crippen LogP contribution >= 0.6 is 0 Å². The molecule has 0 bridgehead atoms. The number of carbonyl (C=O) groups excluding carboxylic acids is 1. The first-order valence-electron chi connectivity index (χ1n) is 5.99. The van der Waals surface area contributed by atoms with Gasteiger partial charge in [0, 0.05) is 18.5 Å². The van der Waals surface area contributed by atoms with Gasteiger partial charge in [0.2, 0.25) is 5.91 Å². The van der Waals surface area contributed by atoms with Crippen LogP contribution in [0.3, 0.4) is 0 Å². The van der Waals surface area contributed by atoms with Crippen molar-refractivity contribution in [3.05, 3.63) is 28.8 Å². The van der Waals surface area contributed by atoms with Crippen LogP contribution in [0.4, 0.5) is 5.69 Å². The van der Waals surface area contributed by atoms with Gasteiger partial charge in [0.25, 0.3) is 0 Å². The number of anilines is 1. The minimum absolute atomic E-state index is 0.0271. The van der Waals surface area contributed by atoms with Crippen molar-refractivity contribution in [2.75, 3.05) is 5.32 Å². The van der Waals surface area contributed by atoms with Crippen LogP contribution in [0.2, 0.25) is 0 Å². The molecule has 2 N–H and O–H groups in total. The lowest BCUT2D eigenvalue weighted by atomic mass is 10.0. The number of aryl methyl sites for hydroxylation is 3. The first kappa shape index (κ1) is 14.2. The summed E-state index contributed by atoms with van der Waals surface area (Å²) in [6.07, 6.45) is 0.628. The van der Waals surface area contributed by atoms with Gasteiger partial charge in [-0.05, 0) is 49.9 Å². The Labute approximate surface area is 107 Å². The fourth-order valence-corrected chi connectivity index (χ4v) is 1.71. The average molecular weight is 249 g/mol. The zero-order valence-corrected chi connectivity index (χ0v) is 11.0. The second-order valence-electron chi connectivity index (χ2n) is 4.55. The molecule has 0 saturated heterocycles. The number of carboxylic acids is 1. The molecular weight excluding hydrogens is 230 g/mol. The second kappa shape index (κ2) is 6.19. The molecule has 18 heavy (non-hydrogen) atoms. The van der Waals surface area contributed by atoms with Crippen LogP contribution in [-0.4, -0.2) is 17.0 Å².